The second-order valence-corrected chi connectivity index (χ2v) is 6.03. The maximum absolute atomic E-state index is 13.1. The molecule has 0 aromatic rings. The number of hydrogen-bond acceptors (Lipinski definition) is 5. The molecule has 1 atom stereocenters. The fraction of sp³-hybridized carbons (Fsp3) is 0.900. The lowest BCUT2D eigenvalue weighted by molar-refractivity contribution is -0.215. The van der Waals surface area contributed by atoms with Crippen LogP contribution in [0.4, 0.5) is 13.2 Å². The Bertz CT molecular complexity index is 268. The molecule has 9 heteroatoms. The lowest BCUT2D eigenvalue weighted by Gasteiger charge is -2.34. The van der Waals surface area contributed by atoms with E-state index in [1.54, 1.807) is 0 Å². The number of carbonyl (C=O) groups is 1. The summed E-state index contributed by atoms with van der Waals surface area (Å²) in [6.07, 6.45) is -4.82. The van der Waals surface area contributed by atoms with Crippen LogP contribution >= 0.6 is 0 Å². The van der Waals surface area contributed by atoms with E-state index < -0.39 is 26.7 Å². The van der Waals surface area contributed by atoms with Gasteiger partial charge in [0.15, 0.2) is 0 Å². The Labute approximate surface area is 111 Å². The smallest absolute Gasteiger partial charge is 0.448 e. The largest absolute Gasteiger partial charge is 0.553 e. The molecule has 0 amide bonds. The number of halogens is 3. The number of esters is 1. The third-order valence-electron chi connectivity index (χ3n) is 1.94. The van der Waals surface area contributed by atoms with Crippen LogP contribution in [0.3, 0.4) is 0 Å². The van der Waals surface area contributed by atoms with E-state index in [9.17, 15) is 18.0 Å². The van der Waals surface area contributed by atoms with Gasteiger partial charge < -0.3 is 18.0 Å². The Balaban J connectivity index is 5.47. The molecule has 0 saturated carbocycles. The number of rotatable bonds is 8. The second-order valence-electron chi connectivity index (χ2n) is 3.43. The van der Waals surface area contributed by atoms with Crippen LogP contribution in [0.1, 0.15) is 27.7 Å². The van der Waals surface area contributed by atoms with E-state index in [0.29, 0.717) is 0 Å². The fourth-order valence-electron chi connectivity index (χ4n) is 1.46. The van der Waals surface area contributed by atoms with E-state index in [2.05, 4.69) is 4.74 Å². The summed E-state index contributed by atoms with van der Waals surface area (Å²) in [5, 5.41) is 0. The van der Waals surface area contributed by atoms with Gasteiger partial charge in [0.1, 0.15) is 0 Å². The van der Waals surface area contributed by atoms with Crippen molar-refractivity contribution in [2.45, 2.75) is 39.6 Å². The van der Waals surface area contributed by atoms with Crippen molar-refractivity contribution in [3.8, 4) is 0 Å². The van der Waals surface area contributed by atoms with Gasteiger partial charge in [-0.05, 0) is 20.8 Å². The molecule has 0 fully saturated rings. The molecule has 0 heterocycles. The molecule has 0 aromatic heterocycles. The first-order valence-electron chi connectivity index (χ1n) is 5.89. The average Bonchev–Trinajstić information content (AvgIpc) is 2.25. The summed E-state index contributed by atoms with van der Waals surface area (Å²) in [6, 6.07) is 0. The number of hydrogen-bond donors (Lipinski definition) is 0. The van der Waals surface area contributed by atoms with Gasteiger partial charge in [-0.1, -0.05) is 0 Å². The summed E-state index contributed by atoms with van der Waals surface area (Å²) >= 11 is 0. The Morgan fingerprint density at radius 3 is 1.63 bits per heavy atom. The third kappa shape index (κ3) is 5.47. The summed E-state index contributed by atoms with van der Waals surface area (Å²) in [4.78, 5) is 10.9. The van der Waals surface area contributed by atoms with E-state index in [-0.39, 0.29) is 19.8 Å². The molecular weight excluding hydrogens is 285 g/mol. The molecule has 0 aromatic carbocycles. The fourth-order valence-corrected chi connectivity index (χ4v) is 4.08. The molecule has 0 aliphatic rings. The molecule has 0 aliphatic carbocycles. The Morgan fingerprint density at radius 2 is 1.42 bits per heavy atom. The molecule has 0 bridgehead atoms. The van der Waals surface area contributed by atoms with Crippen LogP contribution in [0.2, 0.25) is 0 Å². The highest BCUT2D eigenvalue weighted by molar-refractivity contribution is 6.62. The number of alkyl halides is 3. The predicted octanol–water partition coefficient (Wildman–Crippen LogP) is 2.07. The third-order valence-corrected chi connectivity index (χ3v) is 5.10. The van der Waals surface area contributed by atoms with Crippen molar-refractivity contribution in [2.75, 3.05) is 19.8 Å². The van der Waals surface area contributed by atoms with Gasteiger partial charge in [-0.25, -0.2) is 0 Å². The maximum atomic E-state index is 13.1. The summed E-state index contributed by atoms with van der Waals surface area (Å²) in [5.41, 5.74) is -2.52. The van der Waals surface area contributed by atoms with Crippen LogP contribution in [0.25, 0.3) is 0 Å². The summed E-state index contributed by atoms with van der Waals surface area (Å²) < 4.78 is 58.8. The summed E-state index contributed by atoms with van der Waals surface area (Å²) in [7, 11) is -4.19. The zero-order chi connectivity index (χ0) is 15.1. The highest BCUT2D eigenvalue weighted by Crippen LogP contribution is 2.32. The van der Waals surface area contributed by atoms with Crippen molar-refractivity contribution < 1.29 is 36.0 Å². The SMILES string of the molecule is CCO[Si](OCC)(OCC)C(OC(C)=O)C(F)(F)F. The lowest BCUT2D eigenvalue weighted by Crippen LogP contribution is -2.63. The summed E-state index contributed by atoms with van der Waals surface area (Å²) in [6.45, 7) is 5.31. The van der Waals surface area contributed by atoms with E-state index in [4.69, 9.17) is 13.3 Å². The minimum Gasteiger partial charge on any atom is -0.448 e. The van der Waals surface area contributed by atoms with Crippen LogP contribution in [-0.2, 0) is 22.8 Å². The van der Waals surface area contributed by atoms with Crippen LogP contribution in [0.15, 0.2) is 0 Å². The van der Waals surface area contributed by atoms with Gasteiger partial charge in [0.25, 0.3) is 5.73 Å². The van der Waals surface area contributed by atoms with Crippen molar-refractivity contribution >= 4 is 14.8 Å². The standard InChI is InChI=1S/C10H19F3O5Si/c1-5-15-19(16-6-2,17-7-3)9(10(11,12)13)18-8(4)14/h9H,5-7H2,1-4H3. The second kappa shape index (κ2) is 7.83. The molecule has 0 spiro atoms. The van der Waals surface area contributed by atoms with Crippen molar-refractivity contribution in [3.05, 3.63) is 0 Å². The molecule has 0 aliphatic heterocycles. The van der Waals surface area contributed by atoms with Crippen LogP contribution in [0.5, 0.6) is 0 Å². The van der Waals surface area contributed by atoms with Gasteiger partial charge in [0.05, 0.1) is 0 Å². The Morgan fingerprint density at radius 1 is 1.05 bits per heavy atom. The van der Waals surface area contributed by atoms with Gasteiger partial charge in [-0.15, -0.1) is 0 Å². The minimum atomic E-state index is -4.82. The van der Waals surface area contributed by atoms with Crippen LogP contribution in [0, 0.1) is 0 Å². The van der Waals surface area contributed by atoms with E-state index >= 15 is 0 Å². The van der Waals surface area contributed by atoms with Gasteiger partial charge in [0, 0.05) is 26.7 Å². The lowest BCUT2D eigenvalue weighted by atomic mass is 10.7. The van der Waals surface area contributed by atoms with Crippen molar-refractivity contribution in [3.63, 3.8) is 0 Å². The summed E-state index contributed by atoms with van der Waals surface area (Å²) in [5.74, 6) is -1.07. The highest BCUT2D eigenvalue weighted by Gasteiger charge is 2.64. The van der Waals surface area contributed by atoms with E-state index in [1.807, 2.05) is 0 Å². The van der Waals surface area contributed by atoms with Crippen LogP contribution in [-0.4, -0.2) is 46.5 Å². The maximum Gasteiger partial charge on any atom is 0.553 e. The first-order valence-corrected chi connectivity index (χ1v) is 7.69. The van der Waals surface area contributed by atoms with Crippen molar-refractivity contribution in [1.82, 2.24) is 0 Å². The van der Waals surface area contributed by atoms with E-state index in [0.717, 1.165) is 6.92 Å². The normalized spacial score (nSPS) is 14.3. The van der Waals surface area contributed by atoms with Crippen LogP contribution < -0.4 is 0 Å². The highest BCUT2D eigenvalue weighted by atomic mass is 28.4. The predicted molar refractivity (Wildman–Crippen MR) is 62.2 cm³/mol. The first kappa shape index (κ1) is 18.4. The molecule has 1 unspecified atom stereocenters. The average molecular weight is 304 g/mol. The zero-order valence-electron chi connectivity index (χ0n) is 11.4. The molecule has 0 rings (SSSR count). The van der Waals surface area contributed by atoms with E-state index in [1.165, 1.54) is 20.8 Å². The van der Waals surface area contributed by atoms with Gasteiger partial charge in [0.2, 0.25) is 0 Å². The van der Waals surface area contributed by atoms with Crippen molar-refractivity contribution in [1.29, 1.82) is 0 Å². The number of ether oxygens (including phenoxy) is 1. The number of carbonyl (C=O) groups excluding carboxylic acids is 1. The monoisotopic (exact) mass is 304 g/mol. The quantitative estimate of drug-likeness (QED) is 0.507. The molecule has 0 N–H and O–H groups in total. The molecule has 19 heavy (non-hydrogen) atoms. The minimum absolute atomic E-state index is 0.0416. The van der Waals surface area contributed by atoms with Gasteiger partial charge in [-0.2, -0.15) is 13.2 Å². The van der Waals surface area contributed by atoms with Gasteiger partial charge >= 0.3 is 21.0 Å². The first-order chi connectivity index (χ1) is 8.73. The Hall–Kier alpha value is -0.643. The Kier molecular flexibility index (Phi) is 7.56. The topological polar surface area (TPSA) is 54.0 Å². The van der Waals surface area contributed by atoms with Gasteiger partial charge in [-0.3, -0.25) is 4.79 Å². The zero-order valence-corrected chi connectivity index (χ0v) is 12.4. The molecular formula is C10H19F3O5Si. The molecule has 5 nitrogen and oxygen atoms in total. The molecule has 0 saturated heterocycles. The molecule has 0 radical (unpaired) electrons. The molecule has 114 valence electrons. The van der Waals surface area contributed by atoms with Crippen molar-refractivity contribution in [2.24, 2.45) is 0 Å².